The van der Waals surface area contributed by atoms with Crippen molar-refractivity contribution in [1.82, 2.24) is 19.7 Å². The SMILES string of the molecule is Cc1nc(C)n(-c2nc(CN)co2)n1. The number of aromatic nitrogens is 4. The molecule has 0 saturated heterocycles. The zero-order chi connectivity index (χ0) is 10.1. The molecule has 74 valence electrons. The molecule has 0 aromatic carbocycles. The Labute approximate surface area is 80.8 Å². The van der Waals surface area contributed by atoms with E-state index in [1.54, 1.807) is 4.68 Å². The molecule has 2 N–H and O–H groups in total. The molecule has 0 aliphatic rings. The number of nitrogens with zero attached hydrogens (tertiary/aromatic N) is 4. The molecule has 14 heavy (non-hydrogen) atoms. The second kappa shape index (κ2) is 3.22. The molecule has 6 nitrogen and oxygen atoms in total. The maximum atomic E-state index is 5.42. The zero-order valence-electron chi connectivity index (χ0n) is 8.06. The van der Waals surface area contributed by atoms with Crippen LogP contribution in [0.4, 0.5) is 0 Å². The van der Waals surface area contributed by atoms with Crippen molar-refractivity contribution in [2.75, 3.05) is 0 Å². The summed E-state index contributed by atoms with van der Waals surface area (Å²) < 4.78 is 6.76. The second-order valence-electron chi connectivity index (χ2n) is 2.94. The third-order valence-electron chi connectivity index (χ3n) is 1.80. The molecular formula is C8H11N5O. The molecule has 0 spiro atoms. The Morgan fingerprint density at radius 3 is 2.71 bits per heavy atom. The smallest absolute Gasteiger partial charge is 0.324 e. The van der Waals surface area contributed by atoms with Gasteiger partial charge in [-0.15, -0.1) is 5.10 Å². The van der Waals surface area contributed by atoms with Crippen LogP contribution in [0, 0.1) is 13.8 Å². The normalized spacial score (nSPS) is 10.8. The first-order valence-corrected chi connectivity index (χ1v) is 4.26. The summed E-state index contributed by atoms with van der Waals surface area (Å²) in [6.45, 7) is 4.01. The highest BCUT2D eigenvalue weighted by molar-refractivity contribution is 5.11. The highest BCUT2D eigenvalue weighted by Gasteiger charge is 2.10. The van der Waals surface area contributed by atoms with E-state index in [-0.39, 0.29) is 0 Å². The van der Waals surface area contributed by atoms with Crippen molar-refractivity contribution in [2.45, 2.75) is 20.4 Å². The summed E-state index contributed by atoms with van der Waals surface area (Å²) in [5, 5.41) is 4.14. The minimum Gasteiger partial charge on any atom is -0.430 e. The predicted molar refractivity (Wildman–Crippen MR) is 48.8 cm³/mol. The lowest BCUT2D eigenvalue weighted by atomic mass is 10.5. The monoisotopic (exact) mass is 193 g/mol. The first-order valence-electron chi connectivity index (χ1n) is 4.26. The molecule has 0 bridgehead atoms. The molecule has 2 heterocycles. The first kappa shape index (κ1) is 8.89. The molecule has 0 saturated carbocycles. The van der Waals surface area contributed by atoms with Crippen molar-refractivity contribution < 1.29 is 4.42 Å². The molecule has 6 heteroatoms. The van der Waals surface area contributed by atoms with Crippen LogP contribution in [-0.2, 0) is 6.54 Å². The van der Waals surface area contributed by atoms with Crippen LogP contribution in [0.25, 0.3) is 6.01 Å². The second-order valence-corrected chi connectivity index (χ2v) is 2.94. The van der Waals surface area contributed by atoms with Gasteiger partial charge in [0.25, 0.3) is 0 Å². The van der Waals surface area contributed by atoms with Crippen LogP contribution in [0.2, 0.25) is 0 Å². The van der Waals surface area contributed by atoms with Crippen molar-refractivity contribution in [2.24, 2.45) is 5.73 Å². The van der Waals surface area contributed by atoms with E-state index in [0.29, 0.717) is 24.1 Å². The van der Waals surface area contributed by atoms with Gasteiger partial charge >= 0.3 is 6.01 Å². The third-order valence-corrected chi connectivity index (χ3v) is 1.80. The molecule has 0 aliphatic heterocycles. The minimum absolute atomic E-state index is 0.357. The fraction of sp³-hybridized carbons (Fsp3) is 0.375. The van der Waals surface area contributed by atoms with E-state index in [1.165, 1.54) is 6.26 Å². The van der Waals surface area contributed by atoms with Gasteiger partial charge < -0.3 is 10.2 Å². The standard InChI is InChI=1S/C8H11N5O/c1-5-10-6(2)13(12-5)8-11-7(3-9)4-14-8/h4H,3,9H2,1-2H3. The summed E-state index contributed by atoms with van der Waals surface area (Å²) >= 11 is 0. The van der Waals surface area contributed by atoms with Gasteiger partial charge in [-0.2, -0.15) is 9.67 Å². The summed E-state index contributed by atoms with van der Waals surface area (Å²) in [5.74, 6) is 1.43. The summed E-state index contributed by atoms with van der Waals surface area (Å²) in [6.07, 6.45) is 1.52. The summed E-state index contributed by atoms with van der Waals surface area (Å²) in [6, 6.07) is 0.406. The lowest BCUT2D eigenvalue weighted by Gasteiger charge is -1.93. The molecule has 0 aliphatic carbocycles. The van der Waals surface area contributed by atoms with E-state index >= 15 is 0 Å². The molecule has 0 amide bonds. The lowest BCUT2D eigenvalue weighted by Crippen LogP contribution is -2.01. The molecule has 0 atom stereocenters. The van der Waals surface area contributed by atoms with Gasteiger partial charge in [-0.25, -0.2) is 4.98 Å². The minimum atomic E-state index is 0.357. The molecule has 0 radical (unpaired) electrons. The van der Waals surface area contributed by atoms with E-state index in [1.807, 2.05) is 13.8 Å². The van der Waals surface area contributed by atoms with Crippen molar-refractivity contribution in [3.8, 4) is 6.01 Å². The van der Waals surface area contributed by atoms with E-state index in [9.17, 15) is 0 Å². The number of aryl methyl sites for hydroxylation is 2. The predicted octanol–water partition coefficient (Wildman–Crippen LogP) is 0.331. The lowest BCUT2D eigenvalue weighted by molar-refractivity contribution is 0.504. The Balaban J connectivity index is 2.43. The topological polar surface area (TPSA) is 82.8 Å². The van der Waals surface area contributed by atoms with Crippen LogP contribution in [0.3, 0.4) is 0 Å². The number of rotatable bonds is 2. The Hall–Kier alpha value is -1.69. The quantitative estimate of drug-likeness (QED) is 0.743. The molecule has 2 aromatic rings. The Morgan fingerprint density at radius 1 is 1.43 bits per heavy atom. The van der Waals surface area contributed by atoms with Gasteiger partial charge in [0.2, 0.25) is 0 Å². The van der Waals surface area contributed by atoms with Gasteiger partial charge in [0.05, 0.1) is 5.69 Å². The fourth-order valence-electron chi connectivity index (χ4n) is 1.19. The van der Waals surface area contributed by atoms with Crippen LogP contribution < -0.4 is 5.73 Å². The van der Waals surface area contributed by atoms with E-state index in [0.717, 1.165) is 5.82 Å². The largest absolute Gasteiger partial charge is 0.430 e. The molecular weight excluding hydrogens is 182 g/mol. The van der Waals surface area contributed by atoms with Gasteiger partial charge in [0.15, 0.2) is 0 Å². The Kier molecular flexibility index (Phi) is 2.05. The highest BCUT2D eigenvalue weighted by atomic mass is 16.4. The van der Waals surface area contributed by atoms with Crippen LogP contribution in [0.1, 0.15) is 17.3 Å². The van der Waals surface area contributed by atoms with E-state index < -0.39 is 0 Å². The first-order chi connectivity index (χ1) is 6.70. The van der Waals surface area contributed by atoms with Gasteiger partial charge in [0, 0.05) is 6.54 Å². The van der Waals surface area contributed by atoms with Crippen molar-refractivity contribution in [1.29, 1.82) is 0 Å². The van der Waals surface area contributed by atoms with Gasteiger partial charge in [0.1, 0.15) is 17.9 Å². The fourth-order valence-corrected chi connectivity index (χ4v) is 1.19. The summed E-state index contributed by atoms with van der Waals surface area (Å²) in [7, 11) is 0. The average molecular weight is 193 g/mol. The molecule has 0 fully saturated rings. The van der Waals surface area contributed by atoms with E-state index in [4.69, 9.17) is 10.2 Å². The van der Waals surface area contributed by atoms with Crippen molar-refractivity contribution in [3.63, 3.8) is 0 Å². The molecule has 2 aromatic heterocycles. The van der Waals surface area contributed by atoms with Crippen LogP contribution in [0.15, 0.2) is 10.7 Å². The Morgan fingerprint density at radius 2 is 2.21 bits per heavy atom. The average Bonchev–Trinajstić information content (AvgIpc) is 2.71. The summed E-state index contributed by atoms with van der Waals surface area (Å²) in [5.41, 5.74) is 6.12. The molecule has 0 unspecified atom stereocenters. The number of oxazole rings is 1. The van der Waals surface area contributed by atoms with E-state index in [2.05, 4.69) is 15.1 Å². The Bertz CT molecular complexity index is 444. The van der Waals surface area contributed by atoms with Crippen LogP contribution >= 0.6 is 0 Å². The van der Waals surface area contributed by atoms with Crippen molar-refractivity contribution >= 4 is 0 Å². The number of hydrogen-bond acceptors (Lipinski definition) is 5. The third kappa shape index (κ3) is 1.39. The van der Waals surface area contributed by atoms with Gasteiger partial charge in [-0.1, -0.05) is 0 Å². The highest BCUT2D eigenvalue weighted by Crippen LogP contribution is 2.08. The number of hydrogen-bond donors (Lipinski definition) is 1. The molecule has 2 rings (SSSR count). The van der Waals surface area contributed by atoms with Crippen molar-refractivity contribution in [3.05, 3.63) is 23.6 Å². The number of nitrogens with two attached hydrogens (primary N) is 1. The van der Waals surface area contributed by atoms with Crippen LogP contribution in [0.5, 0.6) is 0 Å². The van der Waals surface area contributed by atoms with Crippen LogP contribution in [-0.4, -0.2) is 19.7 Å². The zero-order valence-corrected chi connectivity index (χ0v) is 8.06. The van der Waals surface area contributed by atoms with Gasteiger partial charge in [-0.05, 0) is 13.8 Å². The van der Waals surface area contributed by atoms with Gasteiger partial charge in [-0.3, -0.25) is 0 Å². The summed E-state index contributed by atoms with van der Waals surface area (Å²) in [4.78, 5) is 8.29. The maximum absolute atomic E-state index is 5.42. The maximum Gasteiger partial charge on any atom is 0.324 e.